The molecule has 0 bridgehead atoms. The van der Waals surface area contributed by atoms with Crippen LogP contribution in [0.2, 0.25) is 0 Å². The van der Waals surface area contributed by atoms with Crippen molar-refractivity contribution in [2.45, 2.75) is 0 Å². The standard InChI is InChI=1S/C24H23N7O/c1-32-16-15-28-23-20(21(25)17-9-3-2-4-10-17)24(29-19-12-6-8-14-27-19)31-22(30-23)18-11-5-7-13-26-18/h2-14,25H,15-16H2,1H3,(H2,27,28,29,30,31). The molecule has 3 N–H and O–H groups in total. The molecule has 4 aromatic rings. The Morgan fingerprint density at radius 3 is 2.28 bits per heavy atom. The number of nitrogens with zero attached hydrogens (tertiary/aromatic N) is 4. The molecule has 32 heavy (non-hydrogen) atoms. The van der Waals surface area contributed by atoms with E-state index in [-0.39, 0.29) is 5.71 Å². The van der Waals surface area contributed by atoms with Crippen LogP contribution in [0.3, 0.4) is 0 Å². The van der Waals surface area contributed by atoms with Gasteiger partial charge in [-0.25, -0.2) is 15.0 Å². The summed E-state index contributed by atoms with van der Waals surface area (Å²) in [6.45, 7) is 1.01. The van der Waals surface area contributed by atoms with Gasteiger partial charge in [0.2, 0.25) is 0 Å². The van der Waals surface area contributed by atoms with Gasteiger partial charge < -0.3 is 15.4 Å². The molecule has 0 amide bonds. The van der Waals surface area contributed by atoms with Gasteiger partial charge in [0.25, 0.3) is 0 Å². The molecule has 0 aliphatic carbocycles. The van der Waals surface area contributed by atoms with Gasteiger partial charge in [0.05, 0.1) is 17.9 Å². The maximum atomic E-state index is 8.95. The van der Waals surface area contributed by atoms with Gasteiger partial charge in [-0.2, -0.15) is 0 Å². The molecule has 3 aromatic heterocycles. The van der Waals surface area contributed by atoms with Crippen LogP contribution in [0.4, 0.5) is 17.5 Å². The number of hydrogen-bond donors (Lipinski definition) is 3. The van der Waals surface area contributed by atoms with E-state index in [4.69, 9.17) is 20.1 Å². The maximum Gasteiger partial charge on any atom is 0.182 e. The predicted molar refractivity (Wildman–Crippen MR) is 126 cm³/mol. The first-order chi connectivity index (χ1) is 15.8. The molecule has 0 saturated carbocycles. The highest BCUT2D eigenvalue weighted by Gasteiger charge is 2.21. The van der Waals surface area contributed by atoms with E-state index < -0.39 is 0 Å². The summed E-state index contributed by atoms with van der Waals surface area (Å²) >= 11 is 0. The summed E-state index contributed by atoms with van der Waals surface area (Å²) < 4.78 is 5.19. The molecule has 8 heteroatoms. The molecule has 0 fully saturated rings. The molecule has 0 aliphatic heterocycles. The summed E-state index contributed by atoms with van der Waals surface area (Å²) in [6.07, 6.45) is 3.39. The van der Waals surface area contributed by atoms with Crippen molar-refractivity contribution in [3.8, 4) is 11.5 Å². The zero-order valence-corrected chi connectivity index (χ0v) is 17.6. The van der Waals surface area contributed by atoms with E-state index >= 15 is 0 Å². The molecular formula is C24H23N7O. The Balaban J connectivity index is 1.87. The lowest BCUT2D eigenvalue weighted by Crippen LogP contribution is -2.17. The number of nitrogens with one attached hydrogen (secondary N) is 3. The summed E-state index contributed by atoms with van der Waals surface area (Å²) in [5, 5.41) is 15.5. The minimum absolute atomic E-state index is 0.288. The molecule has 0 radical (unpaired) electrons. The Morgan fingerprint density at radius 1 is 0.875 bits per heavy atom. The molecule has 8 nitrogen and oxygen atoms in total. The number of methoxy groups -OCH3 is 1. The van der Waals surface area contributed by atoms with Crippen molar-refractivity contribution in [3.05, 3.63) is 90.3 Å². The molecule has 160 valence electrons. The molecule has 0 unspecified atom stereocenters. The number of hydrogen-bond acceptors (Lipinski definition) is 8. The third-order valence-electron chi connectivity index (χ3n) is 4.63. The largest absolute Gasteiger partial charge is 0.383 e. The van der Waals surface area contributed by atoms with Crippen LogP contribution in [0.25, 0.3) is 11.5 Å². The number of benzene rings is 1. The minimum atomic E-state index is 0.288. The SMILES string of the molecule is COCCNc1nc(-c2ccccn2)nc(Nc2ccccn2)c1C(=N)c1ccccc1. The zero-order valence-electron chi connectivity index (χ0n) is 17.6. The van der Waals surface area contributed by atoms with Crippen LogP contribution in [0.15, 0.2) is 79.1 Å². The van der Waals surface area contributed by atoms with E-state index in [9.17, 15) is 0 Å². The van der Waals surface area contributed by atoms with Crippen molar-refractivity contribution in [3.63, 3.8) is 0 Å². The zero-order chi connectivity index (χ0) is 22.2. The molecule has 4 rings (SSSR count). The molecule has 3 heterocycles. The first-order valence-electron chi connectivity index (χ1n) is 10.1. The van der Waals surface area contributed by atoms with Gasteiger partial charge >= 0.3 is 0 Å². The molecule has 1 aromatic carbocycles. The summed E-state index contributed by atoms with van der Waals surface area (Å²) in [7, 11) is 1.64. The highest BCUT2D eigenvalue weighted by Crippen LogP contribution is 2.29. The third kappa shape index (κ3) is 4.93. The van der Waals surface area contributed by atoms with Gasteiger partial charge in [-0.05, 0) is 24.3 Å². The van der Waals surface area contributed by atoms with Crippen LogP contribution in [0.1, 0.15) is 11.1 Å². The lowest BCUT2D eigenvalue weighted by Gasteiger charge is -2.18. The smallest absolute Gasteiger partial charge is 0.182 e. The molecule has 0 spiro atoms. The number of anilines is 3. The maximum absolute atomic E-state index is 8.95. The quantitative estimate of drug-likeness (QED) is 0.273. The lowest BCUT2D eigenvalue weighted by atomic mass is 10.0. The Bertz CT molecular complexity index is 1170. The first-order valence-corrected chi connectivity index (χ1v) is 10.1. The average Bonchev–Trinajstić information content (AvgIpc) is 2.85. The first kappa shape index (κ1) is 21.1. The van der Waals surface area contributed by atoms with Crippen molar-refractivity contribution in [2.75, 3.05) is 30.9 Å². The van der Waals surface area contributed by atoms with Crippen molar-refractivity contribution in [1.29, 1.82) is 5.41 Å². The van der Waals surface area contributed by atoms with Crippen molar-refractivity contribution < 1.29 is 4.74 Å². The summed E-state index contributed by atoms with van der Waals surface area (Å²) in [6, 6.07) is 20.6. The van der Waals surface area contributed by atoms with Crippen LogP contribution < -0.4 is 10.6 Å². The van der Waals surface area contributed by atoms with Crippen LogP contribution in [0.5, 0.6) is 0 Å². The van der Waals surface area contributed by atoms with Gasteiger partial charge in [0.1, 0.15) is 23.1 Å². The summed E-state index contributed by atoms with van der Waals surface area (Å²) in [5.74, 6) is 2.04. The second-order valence-corrected chi connectivity index (χ2v) is 6.83. The second-order valence-electron chi connectivity index (χ2n) is 6.83. The fourth-order valence-electron chi connectivity index (χ4n) is 3.10. The Hall–Kier alpha value is -4.17. The van der Waals surface area contributed by atoms with E-state index in [1.807, 2.05) is 66.7 Å². The van der Waals surface area contributed by atoms with Crippen molar-refractivity contribution >= 4 is 23.2 Å². The van der Waals surface area contributed by atoms with Crippen LogP contribution in [-0.2, 0) is 4.74 Å². The highest BCUT2D eigenvalue weighted by atomic mass is 16.5. The Labute approximate surface area is 186 Å². The number of aromatic nitrogens is 4. The van der Waals surface area contributed by atoms with Crippen LogP contribution >= 0.6 is 0 Å². The molecule has 0 atom stereocenters. The van der Waals surface area contributed by atoms with E-state index in [0.717, 1.165) is 5.56 Å². The van der Waals surface area contributed by atoms with Crippen LogP contribution in [-0.4, -0.2) is 45.9 Å². The normalized spacial score (nSPS) is 10.5. The highest BCUT2D eigenvalue weighted by molar-refractivity contribution is 6.16. The second kappa shape index (κ2) is 10.2. The van der Waals surface area contributed by atoms with Gasteiger partial charge in [0, 0.05) is 31.6 Å². The minimum Gasteiger partial charge on any atom is -0.383 e. The van der Waals surface area contributed by atoms with Gasteiger partial charge in [-0.3, -0.25) is 10.4 Å². The fraction of sp³-hybridized carbons (Fsp3) is 0.125. The van der Waals surface area contributed by atoms with E-state index in [0.29, 0.717) is 47.7 Å². The summed E-state index contributed by atoms with van der Waals surface area (Å²) in [4.78, 5) is 18.2. The number of pyridine rings is 2. The third-order valence-corrected chi connectivity index (χ3v) is 4.63. The predicted octanol–water partition coefficient (Wildman–Crippen LogP) is 4.15. The lowest BCUT2D eigenvalue weighted by molar-refractivity contribution is 0.210. The Kier molecular flexibility index (Phi) is 6.74. The van der Waals surface area contributed by atoms with Crippen molar-refractivity contribution in [1.82, 2.24) is 19.9 Å². The number of rotatable bonds is 9. The Morgan fingerprint density at radius 2 is 1.59 bits per heavy atom. The number of ether oxygens (including phenoxy) is 1. The average molecular weight is 425 g/mol. The topological polar surface area (TPSA) is 109 Å². The van der Waals surface area contributed by atoms with Crippen molar-refractivity contribution in [2.24, 2.45) is 0 Å². The van der Waals surface area contributed by atoms with E-state index in [1.165, 1.54) is 0 Å². The monoisotopic (exact) mass is 425 g/mol. The van der Waals surface area contributed by atoms with Gasteiger partial charge in [-0.15, -0.1) is 0 Å². The van der Waals surface area contributed by atoms with E-state index in [1.54, 1.807) is 19.5 Å². The van der Waals surface area contributed by atoms with Gasteiger partial charge in [0.15, 0.2) is 5.82 Å². The summed E-state index contributed by atoms with van der Waals surface area (Å²) in [5.41, 5.74) is 2.21. The molecule has 0 saturated heterocycles. The molecular weight excluding hydrogens is 402 g/mol. The fourth-order valence-corrected chi connectivity index (χ4v) is 3.10. The molecule has 0 aliphatic rings. The van der Waals surface area contributed by atoms with Gasteiger partial charge in [-0.1, -0.05) is 42.5 Å². The van der Waals surface area contributed by atoms with E-state index in [2.05, 4.69) is 20.6 Å². The van der Waals surface area contributed by atoms with Crippen LogP contribution in [0, 0.1) is 5.41 Å².